The minimum Gasteiger partial charge on any atom is -0.394 e. The van der Waals surface area contributed by atoms with Gasteiger partial charge in [-0.1, -0.05) is 0 Å². The van der Waals surface area contributed by atoms with E-state index in [2.05, 4.69) is 10.2 Å². The average molecular weight is 289 g/mol. The van der Waals surface area contributed by atoms with Crippen molar-refractivity contribution < 1.29 is 14.6 Å². The van der Waals surface area contributed by atoms with E-state index in [0.717, 1.165) is 10.9 Å². The van der Waals surface area contributed by atoms with Gasteiger partial charge in [-0.25, -0.2) is 0 Å². The summed E-state index contributed by atoms with van der Waals surface area (Å²) in [5.41, 5.74) is 1.07. The number of aromatic amines is 1. The third-order valence-corrected chi connectivity index (χ3v) is 3.66. The van der Waals surface area contributed by atoms with Gasteiger partial charge in [-0.05, 0) is 32.0 Å². The lowest BCUT2D eigenvalue weighted by Crippen LogP contribution is -2.55. The topological polar surface area (TPSA) is 78.5 Å². The molecular formula is C15H19N3O3. The standard InChI is InChI=1S/C15H19N3O3/c1-15(2)9-18(7-12(8-19)21-15)14(20)10-3-4-13-11(5-10)6-16-17-13/h3-6,12,19H,7-9H2,1-2H3,(H,16,17). The van der Waals surface area contributed by atoms with Crippen molar-refractivity contribution in [2.75, 3.05) is 19.7 Å². The Morgan fingerprint density at radius 1 is 1.57 bits per heavy atom. The highest BCUT2D eigenvalue weighted by molar-refractivity contribution is 5.98. The molecule has 0 radical (unpaired) electrons. The second-order valence-corrected chi connectivity index (χ2v) is 6.04. The highest BCUT2D eigenvalue weighted by Gasteiger charge is 2.35. The van der Waals surface area contributed by atoms with Gasteiger partial charge in [0.15, 0.2) is 0 Å². The number of H-pyrrole nitrogens is 1. The van der Waals surface area contributed by atoms with Crippen molar-refractivity contribution in [3.63, 3.8) is 0 Å². The molecule has 1 unspecified atom stereocenters. The van der Waals surface area contributed by atoms with E-state index in [1.165, 1.54) is 0 Å². The first-order chi connectivity index (χ1) is 9.98. The number of hydrogen-bond acceptors (Lipinski definition) is 4. The number of hydrogen-bond donors (Lipinski definition) is 2. The lowest BCUT2D eigenvalue weighted by atomic mass is 10.0. The summed E-state index contributed by atoms with van der Waals surface area (Å²) in [5, 5.41) is 17.1. The molecule has 6 nitrogen and oxygen atoms in total. The molecule has 1 saturated heterocycles. The highest BCUT2D eigenvalue weighted by atomic mass is 16.5. The minimum atomic E-state index is -0.457. The number of fused-ring (bicyclic) bond motifs is 1. The summed E-state index contributed by atoms with van der Waals surface area (Å²) in [6, 6.07) is 5.47. The number of carbonyl (C=O) groups is 1. The van der Waals surface area contributed by atoms with Crippen LogP contribution < -0.4 is 0 Å². The van der Waals surface area contributed by atoms with Gasteiger partial charge in [-0.3, -0.25) is 9.89 Å². The Balaban J connectivity index is 1.86. The zero-order valence-electron chi connectivity index (χ0n) is 12.2. The smallest absolute Gasteiger partial charge is 0.254 e. The summed E-state index contributed by atoms with van der Waals surface area (Å²) in [6.07, 6.45) is 1.36. The van der Waals surface area contributed by atoms with Crippen molar-refractivity contribution in [3.05, 3.63) is 30.0 Å². The van der Waals surface area contributed by atoms with Crippen LogP contribution in [0.25, 0.3) is 10.9 Å². The highest BCUT2D eigenvalue weighted by Crippen LogP contribution is 2.23. The summed E-state index contributed by atoms with van der Waals surface area (Å²) in [7, 11) is 0. The molecule has 1 aliphatic heterocycles. The molecule has 0 saturated carbocycles. The predicted molar refractivity (Wildman–Crippen MR) is 78.0 cm³/mol. The third kappa shape index (κ3) is 2.77. The number of nitrogens with zero attached hydrogens (tertiary/aromatic N) is 2. The molecule has 2 heterocycles. The Bertz CT molecular complexity index is 665. The van der Waals surface area contributed by atoms with E-state index in [0.29, 0.717) is 18.7 Å². The molecule has 6 heteroatoms. The van der Waals surface area contributed by atoms with Crippen LogP contribution in [0.4, 0.5) is 0 Å². The summed E-state index contributed by atoms with van der Waals surface area (Å²) < 4.78 is 5.74. The van der Waals surface area contributed by atoms with Gasteiger partial charge in [0.1, 0.15) is 0 Å². The maximum atomic E-state index is 12.7. The first-order valence-electron chi connectivity index (χ1n) is 6.99. The monoisotopic (exact) mass is 289 g/mol. The van der Waals surface area contributed by atoms with Crippen LogP contribution in [0.3, 0.4) is 0 Å². The molecule has 0 bridgehead atoms. The zero-order valence-corrected chi connectivity index (χ0v) is 12.2. The lowest BCUT2D eigenvalue weighted by molar-refractivity contribution is -0.139. The van der Waals surface area contributed by atoms with Gasteiger partial charge in [0.05, 0.1) is 30.0 Å². The number of ether oxygens (including phenoxy) is 1. The molecule has 0 aliphatic carbocycles. The number of carbonyl (C=O) groups excluding carboxylic acids is 1. The number of aliphatic hydroxyl groups excluding tert-OH is 1. The van der Waals surface area contributed by atoms with Crippen molar-refractivity contribution in [2.24, 2.45) is 0 Å². The largest absolute Gasteiger partial charge is 0.394 e. The molecule has 112 valence electrons. The minimum absolute atomic E-state index is 0.0482. The number of benzene rings is 1. The molecule has 2 aromatic rings. The zero-order chi connectivity index (χ0) is 15.0. The first kappa shape index (κ1) is 14.0. The van der Waals surface area contributed by atoms with Crippen LogP contribution in [0.5, 0.6) is 0 Å². The Kier molecular flexibility index (Phi) is 3.43. The summed E-state index contributed by atoms with van der Waals surface area (Å²) >= 11 is 0. The Hall–Kier alpha value is -1.92. The number of morpholine rings is 1. The Morgan fingerprint density at radius 3 is 3.14 bits per heavy atom. The third-order valence-electron chi connectivity index (χ3n) is 3.66. The Morgan fingerprint density at radius 2 is 2.38 bits per heavy atom. The molecule has 1 aromatic carbocycles. The second kappa shape index (κ2) is 5.13. The van der Waals surface area contributed by atoms with Crippen LogP contribution in [0.1, 0.15) is 24.2 Å². The molecule has 21 heavy (non-hydrogen) atoms. The maximum Gasteiger partial charge on any atom is 0.254 e. The average Bonchev–Trinajstić information content (AvgIpc) is 2.92. The molecule has 2 N–H and O–H groups in total. The van der Waals surface area contributed by atoms with Crippen LogP contribution in [0.2, 0.25) is 0 Å². The quantitative estimate of drug-likeness (QED) is 0.870. The van der Waals surface area contributed by atoms with E-state index in [9.17, 15) is 9.90 Å². The van der Waals surface area contributed by atoms with Gasteiger partial charge in [-0.15, -0.1) is 0 Å². The maximum absolute atomic E-state index is 12.7. The van der Waals surface area contributed by atoms with Crippen LogP contribution in [0, 0.1) is 0 Å². The SMILES string of the molecule is CC1(C)CN(C(=O)c2ccc3[nH]ncc3c2)CC(CO)O1. The molecule has 1 aromatic heterocycles. The van der Waals surface area contributed by atoms with E-state index in [-0.39, 0.29) is 18.6 Å². The fourth-order valence-corrected chi connectivity index (χ4v) is 2.80. The lowest BCUT2D eigenvalue weighted by Gasteiger charge is -2.42. The molecule has 3 rings (SSSR count). The Labute approximate surface area is 122 Å². The van der Waals surface area contributed by atoms with E-state index < -0.39 is 5.60 Å². The van der Waals surface area contributed by atoms with Crippen molar-refractivity contribution in [1.82, 2.24) is 15.1 Å². The fraction of sp³-hybridized carbons (Fsp3) is 0.467. The number of aliphatic hydroxyl groups is 1. The summed E-state index contributed by atoms with van der Waals surface area (Å²) in [6.45, 7) is 4.67. The molecule has 1 atom stereocenters. The summed E-state index contributed by atoms with van der Waals surface area (Å²) in [5.74, 6) is -0.0482. The fourth-order valence-electron chi connectivity index (χ4n) is 2.80. The van der Waals surface area contributed by atoms with Gasteiger partial charge in [0, 0.05) is 24.0 Å². The molecule has 1 aliphatic rings. The van der Waals surface area contributed by atoms with Gasteiger partial charge in [-0.2, -0.15) is 5.10 Å². The number of amides is 1. The molecule has 1 fully saturated rings. The number of aromatic nitrogens is 2. The van der Waals surface area contributed by atoms with E-state index in [1.54, 1.807) is 17.2 Å². The number of nitrogens with one attached hydrogen (secondary N) is 1. The van der Waals surface area contributed by atoms with Crippen LogP contribution in [-0.2, 0) is 4.74 Å². The van der Waals surface area contributed by atoms with E-state index in [1.807, 2.05) is 26.0 Å². The normalized spacial score (nSPS) is 21.7. The van der Waals surface area contributed by atoms with Crippen molar-refractivity contribution >= 4 is 16.8 Å². The van der Waals surface area contributed by atoms with Gasteiger partial charge >= 0.3 is 0 Å². The van der Waals surface area contributed by atoms with E-state index in [4.69, 9.17) is 4.74 Å². The van der Waals surface area contributed by atoms with Crippen molar-refractivity contribution in [1.29, 1.82) is 0 Å². The predicted octanol–water partition coefficient (Wildman–Crippen LogP) is 1.17. The number of rotatable bonds is 2. The molecule has 0 spiro atoms. The van der Waals surface area contributed by atoms with E-state index >= 15 is 0 Å². The van der Waals surface area contributed by atoms with Crippen LogP contribution >= 0.6 is 0 Å². The molecular weight excluding hydrogens is 270 g/mol. The van der Waals surface area contributed by atoms with Crippen LogP contribution in [-0.4, -0.2) is 57.5 Å². The second-order valence-electron chi connectivity index (χ2n) is 6.04. The summed E-state index contributed by atoms with van der Waals surface area (Å²) in [4.78, 5) is 14.4. The van der Waals surface area contributed by atoms with Crippen molar-refractivity contribution in [2.45, 2.75) is 25.6 Å². The first-order valence-corrected chi connectivity index (χ1v) is 6.99. The molecule has 1 amide bonds. The van der Waals surface area contributed by atoms with Gasteiger partial charge in [0.2, 0.25) is 0 Å². The van der Waals surface area contributed by atoms with Crippen LogP contribution in [0.15, 0.2) is 24.4 Å². The van der Waals surface area contributed by atoms with Gasteiger partial charge in [0.25, 0.3) is 5.91 Å². The van der Waals surface area contributed by atoms with Gasteiger partial charge < -0.3 is 14.7 Å². The van der Waals surface area contributed by atoms with Crippen molar-refractivity contribution in [3.8, 4) is 0 Å².